The summed E-state index contributed by atoms with van der Waals surface area (Å²) in [5, 5.41) is 1.18. The number of hydrogen-bond acceptors (Lipinski definition) is 4. The molecular weight excluding hydrogens is 314 g/mol. The second kappa shape index (κ2) is 7.10. The Balaban J connectivity index is 1.53. The molecule has 3 heterocycles. The molecule has 0 saturated carbocycles. The quantitative estimate of drug-likeness (QED) is 0.858. The largest absolute Gasteiger partial charge is 0.378 e. The molecule has 1 aromatic heterocycles. The Morgan fingerprint density at radius 2 is 2.08 bits per heavy atom. The van der Waals surface area contributed by atoms with Crippen LogP contribution in [-0.2, 0) is 16.0 Å². The van der Waals surface area contributed by atoms with Gasteiger partial charge in [0.2, 0.25) is 5.91 Å². The van der Waals surface area contributed by atoms with Crippen molar-refractivity contribution in [3.05, 3.63) is 42.1 Å². The zero-order chi connectivity index (χ0) is 17.2. The summed E-state index contributed by atoms with van der Waals surface area (Å²) in [7, 11) is 0. The van der Waals surface area contributed by atoms with E-state index in [4.69, 9.17) is 4.74 Å². The Morgan fingerprint density at radius 3 is 2.84 bits per heavy atom. The van der Waals surface area contributed by atoms with E-state index >= 15 is 0 Å². The number of nitrogens with zero attached hydrogens (tertiary/aromatic N) is 3. The Bertz CT molecular complexity index is 759. The molecule has 2 aliphatic heterocycles. The molecule has 0 bridgehead atoms. The van der Waals surface area contributed by atoms with E-state index in [0.29, 0.717) is 12.0 Å². The van der Waals surface area contributed by atoms with E-state index in [9.17, 15) is 4.79 Å². The number of aromatic nitrogens is 1. The van der Waals surface area contributed by atoms with Gasteiger partial charge >= 0.3 is 0 Å². The van der Waals surface area contributed by atoms with Gasteiger partial charge in [0.05, 0.1) is 24.8 Å². The summed E-state index contributed by atoms with van der Waals surface area (Å²) < 4.78 is 5.37. The van der Waals surface area contributed by atoms with Crippen LogP contribution < -0.4 is 0 Å². The second-order valence-corrected chi connectivity index (χ2v) is 7.26. The van der Waals surface area contributed by atoms with Crippen LogP contribution >= 0.6 is 0 Å². The molecule has 2 saturated heterocycles. The predicted octanol–water partition coefficient (Wildman–Crippen LogP) is 1.96. The van der Waals surface area contributed by atoms with Crippen molar-refractivity contribution in [2.75, 3.05) is 39.4 Å². The number of carbonyl (C=O) groups excluding carboxylic acids is 1. The molecule has 1 atom stereocenters. The fourth-order valence-electron chi connectivity index (χ4n) is 3.88. The van der Waals surface area contributed by atoms with Crippen molar-refractivity contribution >= 4 is 16.8 Å². The molecule has 0 N–H and O–H groups in total. The highest BCUT2D eigenvalue weighted by atomic mass is 16.5. The highest BCUT2D eigenvalue weighted by Gasteiger charge is 2.31. The van der Waals surface area contributed by atoms with Crippen molar-refractivity contribution < 1.29 is 9.53 Å². The molecule has 1 unspecified atom stereocenters. The van der Waals surface area contributed by atoms with E-state index in [1.54, 1.807) is 6.92 Å². The number of fused-ring (bicyclic) bond motifs is 1. The van der Waals surface area contributed by atoms with E-state index in [1.807, 2.05) is 23.2 Å². The minimum Gasteiger partial charge on any atom is -0.378 e. The van der Waals surface area contributed by atoms with E-state index in [0.717, 1.165) is 51.3 Å². The standard InChI is InChI=1S/C20H25N3O2/c1-15(24)22-6-7-23(19-13-25-14-19)12-17(11-22)8-16-9-18-4-2-3-5-20(18)21-10-16/h2-5,9-10,17,19H,6-8,11-14H2,1H3. The van der Waals surface area contributed by atoms with Gasteiger partial charge in [-0.15, -0.1) is 0 Å². The smallest absolute Gasteiger partial charge is 0.219 e. The lowest BCUT2D eigenvalue weighted by atomic mass is 9.98. The predicted molar refractivity (Wildman–Crippen MR) is 97.4 cm³/mol. The van der Waals surface area contributed by atoms with Crippen molar-refractivity contribution in [2.24, 2.45) is 5.92 Å². The van der Waals surface area contributed by atoms with Crippen LogP contribution in [0.15, 0.2) is 36.5 Å². The molecule has 4 rings (SSSR count). The molecule has 5 heteroatoms. The van der Waals surface area contributed by atoms with Crippen molar-refractivity contribution in [3.63, 3.8) is 0 Å². The van der Waals surface area contributed by atoms with Gasteiger partial charge in [-0.05, 0) is 30.0 Å². The number of para-hydroxylation sites is 1. The van der Waals surface area contributed by atoms with Gasteiger partial charge in [-0.25, -0.2) is 0 Å². The minimum atomic E-state index is 0.174. The summed E-state index contributed by atoms with van der Waals surface area (Å²) in [6.45, 7) is 6.93. The summed E-state index contributed by atoms with van der Waals surface area (Å²) in [6.07, 6.45) is 2.94. The maximum atomic E-state index is 12.0. The molecule has 0 aliphatic carbocycles. The third-order valence-electron chi connectivity index (χ3n) is 5.38. The first-order chi connectivity index (χ1) is 12.2. The van der Waals surface area contributed by atoms with Crippen molar-refractivity contribution in [3.8, 4) is 0 Å². The summed E-state index contributed by atoms with van der Waals surface area (Å²) in [5.74, 6) is 0.600. The van der Waals surface area contributed by atoms with Crippen LogP contribution in [0.3, 0.4) is 0 Å². The Hall–Kier alpha value is -1.98. The highest BCUT2D eigenvalue weighted by Crippen LogP contribution is 2.21. The maximum absolute atomic E-state index is 12.0. The molecule has 0 radical (unpaired) electrons. The first kappa shape index (κ1) is 16.5. The lowest BCUT2D eigenvalue weighted by molar-refractivity contribution is -0.129. The topological polar surface area (TPSA) is 45.7 Å². The molecular formula is C20H25N3O2. The zero-order valence-electron chi connectivity index (χ0n) is 14.7. The summed E-state index contributed by atoms with van der Waals surface area (Å²) >= 11 is 0. The van der Waals surface area contributed by atoms with Gasteiger partial charge in [0.25, 0.3) is 0 Å². The molecule has 25 heavy (non-hydrogen) atoms. The van der Waals surface area contributed by atoms with Crippen LogP contribution in [0.5, 0.6) is 0 Å². The third-order valence-corrected chi connectivity index (χ3v) is 5.38. The van der Waals surface area contributed by atoms with Gasteiger partial charge in [0.15, 0.2) is 0 Å². The monoisotopic (exact) mass is 339 g/mol. The molecule has 132 valence electrons. The lowest BCUT2D eigenvalue weighted by Gasteiger charge is -2.37. The Labute approximate surface area is 148 Å². The number of rotatable bonds is 3. The van der Waals surface area contributed by atoms with Crippen LogP contribution in [0.1, 0.15) is 12.5 Å². The number of ether oxygens (including phenoxy) is 1. The van der Waals surface area contributed by atoms with Gasteiger partial charge in [-0.2, -0.15) is 0 Å². The van der Waals surface area contributed by atoms with Crippen LogP contribution in [-0.4, -0.2) is 66.1 Å². The number of amides is 1. The SMILES string of the molecule is CC(=O)N1CCN(C2COC2)CC(Cc2cnc3ccccc3c2)C1. The van der Waals surface area contributed by atoms with E-state index in [2.05, 4.69) is 28.1 Å². The van der Waals surface area contributed by atoms with Crippen LogP contribution in [0.2, 0.25) is 0 Å². The number of hydrogen-bond donors (Lipinski definition) is 0. The third kappa shape index (κ3) is 3.67. The highest BCUT2D eigenvalue weighted by molar-refractivity contribution is 5.78. The molecule has 0 spiro atoms. The van der Waals surface area contributed by atoms with Crippen molar-refractivity contribution in [2.45, 2.75) is 19.4 Å². The summed E-state index contributed by atoms with van der Waals surface area (Å²) in [4.78, 5) is 21.1. The normalized spacial score (nSPS) is 22.6. The summed E-state index contributed by atoms with van der Waals surface area (Å²) in [6, 6.07) is 11.0. The van der Waals surface area contributed by atoms with Gasteiger partial charge in [0.1, 0.15) is 0 Å². The molecule has 1 amide bonds. The van der Waals surface area contributed by atoms with Crippen LogP contribution in [0.4, 0.5) is 0 Å². The molecule has 1 aromatic carbocycles. The lowest BCUT2D eigenvalue weighted by Crippen LogP contribution is -2.51. The van der Waals surface area contributed by atoms with Crippen LogP contribution in [0, 0.1) is 5.92 Å². The first-order valence-corrected chi connectivity index (χ1v) is 9.10. The fraction of sp³-hybridized carbons (Fsp3) is 0.500. The van der Waals surface area contributed by atoms with E-state index in [-0.39, 0.29) is 5.91 Å². The molecule has 2 aromatic rings. The van der Waals surface area contributed by atoms with Gasteiger partial charge in [-0.1, -0.05) is 18.2 Å². The minimum absolute atomic E-state index is 0.174. The van der Waals surface area contributed by atoms with Gasteiger partial charge < -0.3 is 9.64 Å². The van der Waals surface area contributed by atoms with Crippen molar-refractivity contribution in [1.82, 2.24) is 14.8 Å². The average Bonchev–Trinajstić information content (AvgIpc) is 2.76. The van der Waals surface area contributed by atoms with Gasteiger partial charge in [0, 0.05) is 44.7 Å². The van der Waals surface area contributed by atoms with E-state index in [1.165, 1.54) is 10.9 Å². The Kier molecular flexibility index (Phi) is 4.68. The Morgan fingerprint density at radius 1 is 1.24 bits per heavy atom. The van der Waals surface area contributed by atoms with Crippen molar-refractivity contribution in [1.29, 1.82) is 0 Å². The van der Waals surface area contributed by atoms with Gasteiger partial charge in [-0.3, -0.25) is 14.7 Å². The maximum Gasteiger partial charge on any atom is 0.219 e. The average molecular weight is 339 g/mol. The molecule has 2 fully saturated rings. The fourth-order valence-corrected chi connectivity index (χ4v) is 3.88. The number of benzene rings is 1. The molecule has 5 nitrogen and oxygen atoms in total. The summed E-state index contributed by atoms with van der Waals surface area (Å²) in [5.41, 5.74) is 2.28. The number of carbonyl (C=O) groups is 1. The molecule has 2 aliphatic rings. The zero-order valence-corrected chi connectivity index (χ0v) is 14.7. The van der Waals surface area contributed by atoms with E-state index < -0.39 is 0 Å². The second-order valence-electron chi connectivity index (χ2n) is 7.26. The first-order valence-electron chi connectivity index (χ1n) is 9.10. The van der Waals surface area contributed by atoms with Crippen LogP contribution in [0.25, 0.3) is 10.9 Å². The number of pyridine rings is 1.